The molecule has 24 heavy (non-hydrogen) atoms. The van der Waals surface area contributed by atoms with Crippen molar-refractivity contribution in [1.82, 2.24) is 4.90 Å². The number of rotatable bonds is 4. The molecule has 0 spiro atoms. The molecule has 0 saturated carbocycles. The summed E-state index contributed by atoms with van der Waals surface area (Å²) >= 11 is 6.17. The monoisotopic (exact) mass is 343 g/mol. The normalized spacial score (nSPS) is 19.8. The average molecular weight is 344 g/mol. The number of carbonyl (C=O) groups excluding carboxylic acids is 2. The number of esters is 1. The van der Waals surface area contributed by atoms with Crippen molar-refractivity contribution in [3.05, 3.63) is 71.3 Å². The molecular formula is C19H18ClNO3. The van der Waals surface area contributed by atoms with Crippen LogP contribution >= 0.6 is 11.6 Å². The second kappa shape index (κ2) is 7.05. The van der Waals surface area contributed by atoms with E-state index in [4.69, 9.17) is 16.3 Å². The van der Waals surface area contributed by atoms with Gasteiger partial charge in [-0.15, -0.1) is 11.6 Å². The van der Waals surface area contributed by atoms with Crippen LogP contribution in [0.3, 0.4) is 0 Å². The van der Waals surface area contributed by atoms with Gasteiger partial charge in [-0.05, 0) is 17.2 Å². The van der Waals surface area contributed by atoms with Crippen LogP contribution in [-0.4, -0.2) is 35.8 Å². The number of halogens is 1. The van der Waals surface area contributed by atoms with Crippen molar-refractivity contribution in [3.8, 4) is 0 Å². The molecule has 0 saturated heterocycles. The van der Waals surface area contributed by atoms with Crippen molar-refractivity contribution in [1.29, 1.82) is 0 Å². The number of ether oxygens (including phenoxy) is 1. The summed E-state index contributed by atoms with van der Waals surface area (Å²) in [6.45, 7) is 0.402. The number of methoxy groups -OCH3 is 1. The fourth-order valence-corrected chi connectivity index (χ4v) is 3.55. The Morgan fingerprint density at radius 1 is 1.12 bits per heavy atom. The lowest BCUT2D eigenvalue weighted by Crippen LogP contribution is -2.51. The third-order valence-electron chi connectivity index (χ3n) is 4.38. The van der Waals surface area contributed by atoms with E-state index in [0.29, 0.717) is 17.7 Å². The number of fused-ring (bicyclic) bond motifs is 1. The summed E-state index contributed by atoms with van der Waals surface area (Å²) in [4.78, 5) is 27.0. The predicted molar refractivity (Wildman–Crippen MR) is 92.0 cm³/mol. The van der Waals surface area contributed by atoms with Gasteiger partial charge in [-0.3, -0.25) is 9.59 Å². The minimum absolute atomic E-state index is 0.111. The first-order chi connectivity index (χ1) is 11.7. The quantitative estimate of drug-likeness (QED) is 0.632. The molecule has 2 atom stereocenters. The highest BCUT2D eigenvalue weighted by molar-refractivity contribution is 6.19. The van der Waals surface area contributed by atoms with Gasteiger partial charge in [0.25, 0.3) is 5.91 Å². The first-order valence-electron chi connectivity index (χ1n) is 7.75. The van der Waals surface area contributed by atoms with E-state index < -0.39 is 12.0 Å². The Morgan fingerprint density at radius 2 is 1.79 bits per heavy atom. The molecule has 0 N–H and O–H groups in total. The number of carbonyl (C=O) groups is 2. The van der Waals surface area contributed by atoms with Crippen LogP contribution in [0.2, 0.25) is 0 Å². The lowest BCUT2D eigenvalue weighted by atomic mass is 9.83. The molecule has 1 aliphatic heterocycles. The standard InChI is InChI=1S/C19H18ClNO3/c1-24-19(23)17-14-9-5-6-10-15(14)18(22)21(16(17)11-20)12-13-7-3-2-4-8-13/h2-10,16-17H,11-12H2,1H3/t16-,17+/m0/s1. The smallest absolute Gasteiger partial charge is 0.315 e. The van der Waals surface area contributed by atoms with E-state index in [-0.39, 0.29) is 17.8 Å². The molecule has 0 aliphatic carbocycles. The highest BCUT2D eigenvalue weighted by atomic mass is 35.5. The van der Waals surface area contributed by atoms with Gasteiger partial charge in [0.15, 0.2) is 0 Å². The van der Waals surface area contributed by atoms with Gasteiger partial charge in [0.1, 0.15) is 5.92 Å². The molecule has 1 amide bonds. The Balaban J connectivity index is 2.06. The molecular weight excluding hydrogens is 326 g/mol. The van der Waals surface area contributed by atoms with Crippen LogP contribution < -0.4 is 0 Å². The maximum Gasteiger partial charge on any atom is 0.315 e. The van der Waals surface area contributed by atoms with Gasteiger partial charge in [0.05, 0.1) is 13.2 Å². The molecule has 0 aromatic heterocycles. The Morgan fingerprint density at radius 3 is 2.46 bits per heavy atom. The van der Waals surface area contributed by atoms with Crippen molar-refractivity contribution in [3.63, 3.8) is 0 Å². The predicted octanol–water partition coefficient (Wildman–Crippen LogP) is 3.21. The first-order valence-corrected chi connectivity index (χ1v) is 8.28. The summed E-state index contributed by atoms with van der Waals surface area (Å²) in [6, 6.07) is 16.4. The summed E-state index contributed by atoms with van der Waals surface area (Å²) in [6.07, 6.45) is 0. The third kappa shape index (κ3) is 2.89. The molecule has 1 heterocycles. The Kier molecular flexibility index (Phi) is 4.86. The van der Waals surface area contributed by atoms with Crippen molar-refractivity contribution in [2.75, 3.05) is 13.0 Å². The van der Waals surface area contributed by atoms with Crippen LogP contribution in [0.25, 0.3) is 0 Å². The highest BCUT2D eigenvalue weighted by Gasteiger charge is 2.43. The van der Waals surface area contributed by atoms with Gasteiger partial charge in [0, 0.05) is 18.0 Å². The zero-order valence-electron chi connectivity index (χ0n) is 13.3. The lowest BCUT2D eigenvalue weighted by molar-refractivity contribution is -0.144. The van der Waals surface area contributed by atoms with E-state index in [9.17, 15) is 9.59 Å². The van der Waals surface area contributed by atoms with Crippen LogP contribution in [0, 0.1) is 0 Å². The van der Waals surface area contributed by atoms with E-state index in [1.807, 2.05) is 36.4 Å². The Hall–Kier alpha value is -2.33. The van der Waals surface area contributed by atoms with Gasteiger partial charge < -0.3 is 9.64 Å². The first kappa shape index (κ1) is 16.5. The number of nitrogens with zero attached hydrogens (tertiary/aromatic N) is 1. The molecule has 0 unspecified atom stereocenters. The summed E-state index contributed by atoms with van der Waals surface area (Å²) in [5.41, 5.74) is 2.21. The second-order valence-electron chi connectivity index (χ2n) is 5.73. The largest absolute Gasteiger partial charge is 0.468 e. The van der Waals surface area contributed by atoms with Crippen molar-refractivity contribution in [2.24, 2.45) is 0 Å². The van der Waals surface area contributed by atoms with E-state index in [1.165, 1.54) is 7.11 Å². The molecule has 0 radical (unpaired) electrons. The van der Waals surface area contributed by atoms with Gasteiger partial charge >= 0.3 is 5.97 Å². The van der Waals surface area contributed by atoms with Gasteiger partial charge in [-0.2, -0.15) is 0 Å². The van der Waals surface area contributed by atoms with E-state index in [0.717, 1.165) is 5.56 Å². The fraction of sp³-hybridized carbons (Fsp3) is 0.263. The maximum absolute atomic E-state index is 13.0. The van der Waals surface area contributed by atoms with Crippen molar-refractivity contribution >= 4 is 23.5 Å². The molecule has 5 heteroatoms. The van der Waals surface area contributed by atoms with E-state index in [2.05, 4.69) is 0 Å². The molecule has 2 aromatic rings. The molecule has 0 fully saturated rings. The molecule has 3 rings (SSSR count). The van der Waals surface area contributed by atoms with Crippen LogP contribution in [0.5, 0.6) is 0 Å². The second-order valence-corrected chi connectivity index (χ2v) is 6.04. The summed E-state index contributed by atoms with van der Waals surface area (Å²) in [5.74, 6) is -0.906. The highest BCUT2D eigenvalue weighted by Crippen LogP contribution is 2.35. The van der Waals surface area contributed by atoms with Crippen molar-refractivity contribution < 1.29 is 14.3 Å². The molecule has 2 aromatic carbocycles. The zero-order chi connectivity index (χ0) is 17.1. The summed E-state index contributed by atoms with van der Waals surface area (Å²) < 4.78 is 4.98. The van der Waals surface area contributed by atoms with Crippen LogP contribution in [-0.2, 0) is 16.1 Å². The average Bonchev–Trinajstić information content (AvgIpc) is 2.64. The van der Waals surface area contributed by atoms with Crippen LogP contribution in [0.15, 0.2) is 54.6 Å². The van der Waals surface area contributed by atoms with Gasteiger partial charge in [0.2, 0.25) is 0 Å². The van der Waals surface area contributed by atoms with E-state index in [1.54, 1.807) is 23.1 Å². The van der Waals surface area contributed by atoms with E-state index >= 15 is 0 Å². The van der Waals surface area contributed by atoms with Gasteiger partial charge in [-0.25, -0.2) is 0 Å². The van der Waals surface area contributed by atoms with Gasteiger partial charge in [-0.1, -0.05) is 48.5 Å². The number of amides is 1. The summed E-state index contributed by atoms with van der Waals surface area (Å²) in [5, 5.41) is 0. The molecule has 1 aliphatic rings. The molecule has 4 nitrogen and oxygen atoms in total. The number of benzene rings is 2. The lowest BCUT2D eigenvalue weighted by Gasteiger charge is -2.40. The number of hydrogen-bond acceptors (Lipinski definition) is 3. The molecule has 124 valence electrons. The topological polar surface area (TPSA) is 46.6 Å². The van der Waals surface area contributed by atoms with Crippen molar-refractivity contribution in [2.45, 2.75) is 18.5 Å². The summed E-state index contributed by atoms with van der Waals surface area (Å²) in [7, 11) is 1.36. The maximum atomic E-state index is 13.0. The number of alkyl halides is 1. The SMILES string of the molecule is COC(=O)[C@@H]1c2ccccc2C(=O)N(Cc2ccccc2)[C@H]1CCl. The third-order valence-corrected chi connectivity index (χ3v) is 4.70. The minimum Gasteiger partial charge on any atom is -0.468 e. The van der Waals surface area contributed by atoms with Crippen LogP contribution in [0.4, 0.5) is 0 Å². The fourth-order valence-electron chi connectivity index (χ4n) is 3.21. The van der Waals surface area contributed by atoms with Crippen LogP contribution in [0.1, 0.15) is 27.4 Å². The zero-order valence-corrected chi connectivity index (χ0v) is 14.1. The Labute approximate surface area is 146 Å². The molecule has 0 bridgehead atoms. The Bertz CT molecular complexity index is 747. The number of hydrogen-bond donors (Lipinski definition) is 0. The minimum atomic E-state index is -0.579.